The number of benzene rings is 10. The lowest BCUT2D eigenvalue weighted by molar-refractivity contribution is 0.669. The molecule has 382 valence electrons. The number of pyridine rings is 2. The molecule has 0 fully saturated rings. The van der Waals surface area contributed by atoms with Crippen LogP contribution < -0.4 is 0 Å². The van der Waals surface area contributed by atoms with Crippen molar-refractivity contribution >= 4 is 75.5 Å². The van der Waals surface area contributed by atoms with Crippen LogP contribution in [0.5, 0.6) is 0 Å². The summed E-state index contributed by atoms with van der Waals surface area (Å²) in [4.78, 5) is 40.4. The Hall–Kier alpha value is -10.9. The lowest BCUT2D eigenvalue weighted by Crippen LogP contribution is -2.00. The number of furan rings is 1. The summed E-state index contributed by atoms with van der Waals surface area (Å²) in [6.45, 7) is 0. The van der Waals surface area contributed by atoms with Crippen LogP contribution in [0.25, 0.3) is 166 Å². The number of para-hydroxylation sites is 1. The molecule has 0 spiro atoms. The SMILES string of the molecule is c1ccc(-c2nc(-c3ccc(-c4ccc5c(c4)sc4cc6cc(-c7cccc(-c8nc(-c9ccccc9)nc(-c9ccccc9)n8)c7)ccc6nc45)cc3)nc(-c3cccc(-c4ccc5nc6c(cc5c4)oc4ccccc46)c3)n2)cc1. The monoisotopic (exact) mass is 1070 g/mol. The van der Waals surface area contributed by atoms with Crippen LogP contribution in [0, 0.1) is 0 Å². The van der Waals surface area contributed by atoms with E-state index in [4.69, 9.17) is 44.3 Å². The zero-order valence-electron chi connectivity index (χ0n) is 43.6. The van der Waals surface area contributed by atoms with Gasteiger partial charge in [0.25, 0.3) is 0 Å². The Balaban J connectivity index is 0.693. The van der Waals surface area contributed by atoms with Gasteiger partial charge >= 0.3 is 0 Å². The van der Waals surface area contributed by atoms with Crippen molar-refractivity contribution in [2.45, 2.75) is 0 Å². The molecule has 16 aromatic rings. The van der Waals surface area contributed by atoms with Gasteiger partial charge in [0, 0.05) is 59.6 Å². The van der Waals surface area contributed by atoms with E-state index < -0.39 is 0 Å². The third kappa shape index (κ3) is 8.58. The van der Waals surface area contributed by atoms with E-state index in [1.54, 1.807) is 11.3 Å². The fraction of sp³-hybridized carbons (Fsp3) is 0. The van der Waals surface area contributed by atoms with Gasteiger partial charge in [0.15, 0.2) is 40.5 Å². The van der Waals surface area contributed by atoms with Gasteiger partial charge in [0.05, 0.1) is 21.3 Å². The van der Waals surface area contributed by atoms with Crippen LogP contribution in [0.15, 0.2) is 259 Å². The second-order valence-corrected chi connectivity index (χ2v) is 21.4. The van der Waals surface area contributed by atoms with Crippen LogP contribution in [0.2, 0.25) is 0 Å². The Bertz CT molecular complexity index is 5100. The number of thiophene rings is 1. The van der Waals surface area contributed by atoms with E-state index in [0.717, 1.165) is 126 Å². The first-order valence-electron chi connectivity index (χ1n) is 27.0. The van der Waals surface area contributed by atoms with Crippen molar-refractivity contribution in [3.63, 3.8) is 0 Å². The van der Waals surface area contributed by atoms with E-state index in [9.17, 15) is 0 Å². The average Bonchev–Trinajstić information content (AvgIpc) is 4.32. The van der Waals surface area contributed by atoms with E-state index >= 15 is 0 Å². The third-order valence-corrected chi connectivity index (χ3v) is 16.2. The van der Waals surface area contributed by atoms with Crippen LogP contribution in [-0.4, -0.2) is 39.9 Å². The van der Waals surface area contributed by atoms with Crippen molar-refractivity contribution in [1.82, 2.24) is 39.9 Å². The largest absolute Gasteiger partial charge is 0.454 e. The van der Waals surface area contributed by atoms with Crippen molar-refractivity contribution in [3.05, 3.63) is 255 Å². The summed E-state index contributed by atoms with van der Waals surface area (Å²) in [5, 5.41) is 4.23. The molecule has 0 bridgehead atoms. The smallest absolute Gasteiger partial charge is 0.164 e. The van der Waals surface area contributed by atoms with Gasteiger partial charge in [-0.05, 0) is 100 Å². The molecule has 0 amide bonds. The van der Waals surface area contributed by atoms with Gasteiger partial charge in [-0.15, -0.1) is 11.3 Å². The van der Waals surface area contributed by atoms with Gasteiger partial charge in [0.1, 0.15) is 11.1 Å². The van der Waals surface area contributed by atoms with Crippen LogP contribution in [-0.2, 0) is 0 Å². The molecule has 0 radical (unpaired) electrons. The van der Waals surface area contributed by atoms with Gasteiger partial charge in [0.2, 0.25) is 0 Å². The summed E-state index contributed by atoms with van der Waals surface area (Å²) >= 11 is 1.77. The maximum atomic E-state index is 6.20. The minimum absolute atomic E-state index is 0.592. The lowest BCUT2D eigenvalue weighted by atomic mass is 10.0. The Morgan fingerprint density at radius 2 is 0.634 bits per heavy atom. The average molecular weight is 1070 g/mol. The highest BCUT2D eigenvalue weighted by Crippen LogP contribution is 2.40. The van der Waals surface area contributed by atoms with E-state index in [0.29, 0.717) is 34.9 Å². The van der Waals surface area contributed by atoms with E-state index in [2.05, 4.69) is 146 Å². The van der Waals surface area contributed by atoms with Gasteiger partial charge in [-0.2, -0.15) is 0 Å². The lowest BCUT2D eigenvalue weighted by Gasteiger charge is -2.10. The quantitative estimate of drug-likeness (QED) is 0.139. The number of nitrogens with zero attached hydrogens (tertiary/aromatic N) is 8. The molecular formula is C72H42N8OS. The predicted octanol–water partition coefficient (Wildman–Crippen LogP) is 18.4. The Labute approximate surface area is 473 Å². The molecule has 6 aromatic heterocycles. The highest BCUT2D eigenvalue weighted by atomic mass is 32.1. The maximum absolute atomic E-state index is 6.20. The molecule has 10 aromatic carbocycles. The highest BCUT2D eigenvalue weighted by Gasteiger charge is 2.18. The molecule has 82 heavy (non-hydrogen) atoms. The topological polar surface area (TPSA) is 116 Å². The minimum atomic E-state index is 0.592. The number of fused-ring (bicyclic) bond motifs is 8. The number of hydrogen-bond donors (Lipinski definition) is 0. The normalized spacial score (nSPS) is 11.7. The Kier molecular flexibility index (Phi) is 11.2. The van der Waals surface area contributed by atoms with Crippen molar-refractivity contribution in [2.24, 2.45) is 0 Å². The van der Waals surface area contributed by atoms with Crippen LogP contribution in [0.3, 0.4) is 0 Å². The molecule has 0 atom stereocenters. The summed E-state index contributed by atoms with van der Waals surface area (Å²) in [5.74, 6) is 3.68. The van der Waals surface area contributed by atoms with E-state index in [1.165, 1.54) is 4.70 Å². The molecular weight excluding hydrogens is 1020 g/mol. The highest BCUT2D eigenvalue weighted by molar-refractivity contribution is 7.25. The number of hydrogen-bond acceptors (Lipinski definition) is 10. The number of aromatic nitrogens is 8. The van der Waals surface area contributed by atoms with Crippen molar-refractivity contribution in [2.75, 3.05) is 0 Å². The van der Waals surface area contributed by atoms with E-state index in [-0.39, 0.29) is 0 Å². The molecule has 16 rings (SSSR count). The summed E-state index contributed by atoms with van der Waals surface area (Å²) in [7, 11) is 0. The molecule has 0 saturated heterocycles. The van der Waals surface area contributed by atoms with Gasteiger partial charge < -0.3 is 4.42 Å². The van der Waals surface area contributed by atoms with Gasteiger partial charge in [-0.1, -0.05) is 188 Å². The molecule has 0 aliphatic rings. The summed E-state index contributed by atoms with van der Waals surface area (Å²) in [6, 6.07) is 87.5. The van der Waals surface area contributed by atoms with Crippen molar-refractivity contribution < 1.29 is 4.42 Å². The van der Waals surface area contributed by atoms with Crippen LogP contribution in [0.1, 0.15) is 0 Å². The second-order valence-electron chi connectivity index (χ2n) is 20.3. The van der Waals surface area contributed by atoms with E-state index in [1.807, 2.05) is 109 Å². The second kappa shape index (κ2) is 19.5. The van der Waals surface area contributed by atoms with Crippen molar-refractivity contribution in [1.29, 1.82) is 0 Å². The van der Waals surface area contributed by atoms with Gasteiger partial charge in [-0.3, -0.25) is 0 Å². The third-order valence-electron chi connectivity index (χ3n) is 15.1. The molecule has 6 heterocycles. The fourth-order valence-corrected chi connectivity index (χ4v) is 12.1. The molecule has 0 aliphatic heterocycles. The number of rotatable bonds is 9. The maximum Gasteiger partial charge on any atom is 0.164 e. The molecule has 0 aliphatic carbocycles. The fourth-order valence-electron chi connectivity index (χ4n) is 11.0. The Morgan fingerprint density at radius 3 is 1.20 bits per heavy atom. The first kappa shape index (κ1) is 47.1. The van der Waals surface area contributed by atoms with Crippen molar-refractivity contribution in [3.8, 4) is 102 Å². The zero-order valence-corrected chi connectivity index (χ0v) is 44.5. The molecule has 0 N–H and O–H groups in total. The first-order valence-corrected chi connectivity index (χ1v) is 27.9. The molecule has 0 saturated carbocycles. The summed E-state index contributed by atoms with van der Waals surface area (Å²) in [5.41, 5.74) is 17.3. The Morgan fingerprint density at radius 1 is 0.232 bits per heavy atom. The first-order chi connectivity index (χ1) is 40.5. The minimum Gasteiger partial charge on any atom is -0.454 e. The van der Waals surface area contributed by atoms with Crippen LogP contribution >= 0.6 is 11.3 Å². The standard InChI is InChI=1S/C72H42N8OS/c1-4-14-44(15-5-1)67-75-68(45-16-6-2-7-17-45)78-71(77-67)53-22-13-21-49(37-53)51-32-35-60-56(39-51)42-64-66(74-60)58-33-30-52(41-63(58)82-64)43-26-28-47(29-27-43)70-76-69(46-18-8-3-9-19-46)79-72(80-70)54-23-12-20-48(36-54)50-31-34-59-55(38-50)40-62-65(73-59)57-24-10-11-25-61(57)81-62/h1-42H. The summed E-state index contributed by atoms with van der Waals surface area (Å²) < 4.78 is 8.51. The molecule has 10 heteroatoms. The van der Waals surface area contributed by atoms with Crippen LogP contribution in [0.4, 0.5) is 0 Å². The summed E-state index contributed by atoms with van der Waals surface area (Å²) in [6.07, 6.45) is 0. The molecule has 0 unspecified atom stereocenters. The molecule has 9 nitrogen and oxygen atoms in total. The van der Waals surface area contributed by atoms with Gasteiger partial charge in [-0.25, -0.2) is 39.9 Å². The zero-order chi connectivity index (χ0) is 54.1. The predicted molar refractivity (Wildman–Crippen MR) is 333 cm³/mol.